The van der Waals surface area contributed by atoms with Crippen LogP contribution in [0.25, 0.3) is 0 Å². The van der Waals surface area contributed by atoms with Gasteiger partial charge in [-0.1, -0.05) is 24.2 Å². The number of ether oxygens (including phenoxy) is 1. The van der Waals surface area contributed by atoms with E-state index in [4.69, 9.17) is 10.5 Å². The molecule has 0 amide bonds. The zero-order valence-corrected chi connectivity index (χ0v) is 8.22. The predicted molar refractivity (Wildman–Crippen MR) is 51.3 cm³/mol. The maximum atomic E-state index is 5.44. The van der Waals surface area contributed by atoms with Crippen LogP contribution in [0.4, 0.5) is 5.13 Å². The fourth-order valence-electron chi connectivity index (χ4n) is 1.14. The van der Waals surface area contributed by atoms with Crippen LogP contribution in [-0.4, -0.2) is 16.8 Å². The van der Waals surface area contributed by atoms with Crippen molar-refractivity contribution in [1.82, 2.24) is 10.2 Å². The van der Waals surface area contributed by atoms with E-state index in [1.54, 1.807) is 0 Å². The fraction of sp³-hybridized carbons (Fsp3) is 0.750. The molecule has 2 N–H and O–H groups in total. The summed E-state index contributed by atoms with van der Waals surface area (Å²) in [5, 5.41) is 8.96. The topological polar surface area (TPSA) is 61.0 Å². The lowest BCUT2D eigenvalue weighted by molar-refractivity contribution is 0.114. The smallest absolute Gasteiger partial charge is 0.203 e. The van der Waals surface area contributed by atoms with Crippen LogP contribution in [-0.2, 0) is 11.3 Å². The highest BCUT2D eigenvalue weighted by atomic mass is 32.1. The molecule has 1 aliphatic carbocycles. The van der Waals surface area contributed by atoms with Crippen molar-refractivity contribution >= 4 is 16.5 Å². The van der Waals surface area contributed by atoms with Gasteiger partial charge in [-0.15, -0.1) is 10.2 Å². The van der Waals surface area contributed by atoms with E-state index in [1.807, 2.05) is 0 Å². The summed E-state index contributed by atoms with van der Waals surface area (Å²) in [5.41, 5.74) is 5.43. The number of hydrogen-bond acceptors (Lipinski definition) is 5. The maximum Gasteiger partial charge on any atom is 0.203 e. The van der Waals surface area contributed by atoms with Crippen molar-refractivity contribution in [1.29, 1.82) is 0 Å². The SMILES string of the molecule is Nc1nnc(COCCC2CC2)s1. The van der Waals surface area contributed by atoms with E-state index >= 15 is 0 Å². The molecule has 4 nitrogen and oxygen atoms in total. The van der Waals surface area contributed by atoms with Gasteiger partial charge in [0.05, 0.1) is 0 Å². The first-order valence-electron chi connectivity index (χ1n) is 4.50. The lowest BCUT2D eigenvalue weighted by Gasteiger charge is -1.98. The maximum absolute atomic E-state index is 5.44. The Morgan fingerprint density at radius 3 is 2.92 bits per heavy atom. The third kappa shape index (κ3) is 2.93. The van der Waals surface area contributed by atoms with Gasteiger partial charge < -0.3 is 10.5 Å². The van der Waals surface area contributed by atoms with Crippen LogP contribution < -0.4 is 5.73 Å². The highest BCUT2D eigenvalue weighted by Crippen LogP contribution is 2.32. The number of aromatic nitrogens is 2. The lowest BCUT2D eigenvalue weighted by atomic mass is 10.3. The van der Waals surface area contributed by atoms with Crippen molar-refractivity contribution in [2.24, 2.45) is 5.92 Å². The minimum absolute atomic E-state index is 0.515. The Morgan fingerprint density at radius 2 is 2.31 bits per heavy atom. The normalized spacial score (nSPS) is 16.3. The first-order valence-corrected chi connectivity index (χ1v) is 5.32. The molecule has 1 saturated carbocycles. The van der Waals surface area contributed by atoms with E-state index < -0.39 is 0 Å². The van der Waals surface area contributed by atoms with E-state index in [0.29, 0.717) is 11.7 Å². The molecule has 0 saturated heterocycles. The monoisotopic (exact) mass is 199 g/mol. The Hall–Kier alpha value is -0.680. The van der Waals surface area contributed by atoms with Gasteiger partial charge in [0.15, 0.2) is 0 Å². The van der Waals surface area contributed by atoms with Crippen LogP contribution in [0.1, 0.15) is 24.3 Å². The van der Waals surface area contributed by atoms with Gasteiger partial charge in [0.25, 0.3) is 0 Å². The van der Waals surface area contributed by atoms with Gasteiger partial charge in [0.1, 0.15) is 11.6 Å². The molecule has 0 bridgehead atoms. The summed E-state index contributed by atoms with van der Waals surface area (Å²) in [6, 6.07) is 0. The Balaban J connectivity index is 1.61. The molecular formula is C8H13N3OS. The number of nitrogens with two attached hydrogens (primary N) is 1. The number of hydrogen-bond donors (Lipinski definition) is 1. The highest BCUT2D eigenvalue weighted by molar-refractivity contribution is 7.15. The third-order valence-corrected chi connectivity index (χ3v) is 2.80. The van der Waals surface area contributed by atoms with Gasteiger partial charge in [0.2, 0.25) is 5.13 Å². The van der Waals surface area contributed by atoms with E-state index in [2.05, 4.69) is 10.2 Å². The van der Waals surface area contributed by atoms with Gasteiger partial charge in [-0.25, -0.2) is 0 Å². The summed E-state index contributed by atoms with van der Waals surface area (Å²) in [6.45, 7) is 1.39. The second-order valence-corrected chi connectivity index (χ2v) is 4.41. The molecule has 1 aromatic heterocycles. The molecule has 1 aliphatic rings. The Morgan fingerprint density at radius 1 is 1.46 bits per heavy atom. The summed E-state index contributed by atoms with van der Waals surface area (Å²) in [6.07, 6.45) is 3.96. The summed E-state index contributed by atoms with van der Waals surface area (Å²) in [7, 11) is 0. The zero-order valence-electron chi connectivity index (χ0n) is 7.40. The molecule has 1 heterocycles. The lowest BCUT2D eigenvalue weighted by Crippen LogP contribution is -1.95. The quantitative estimate of drug-likeness (QED) is 0.729. The molecular weight excluding hydrogens is 186 g/mol. The average Bonchev–Trinajstić information content (AvgIpc) is 2.84. The van der Waals surface area contributed by atoms with Gasteiger partial charge >= 0.3 is 0 Å². The zero-order chi connectivity index (χ0) is 9.10. The van der Waals surface area contributed by atoms with Crippen LogP contribution in [0.3, 0.4) is 0 Å². The average molecular weight is 199 g/mol. The van der Waals surface area contributed by atoms with Crippen molar-refractivity contribution in [2.45, 2.75) is 25.9 Å². The minimum atomic E-state index is 0.515. The van der Waals surface area contributed by atoms with Gasteiger partial charge in [-0.3, -0.25) is 0 Å². The molecule has 1 aromatic rings. The molecule has 72 valence electrons. The molecule has 5 heteroatoms. The molecule has 0 spiro atoms. The number of nitrogen functional groups attached to an aromatic ring is 1. The molecule has 0 aromatic carbocycles. The van der Waals surface area contributed by atoms with Crippen molar-refractivity contribution in [3.05, 3.63) is 5.01 Å². The van der Waals surface area contributed by atoms with Crippen LogP contribution >= 0.6 is 11.3 Å². The Bertz CT molecular complexity index is 272. The van der Waals surface area contributed by atoms with Gasteiger partial charge in [0, 0.05) is 6.61 Å². The van der Waals surface area contributed by atoms with Crippen LogP contribution in [0.2, 0.25) is 0 Å². The van der Waals surface area contributed by atoms with Crippen LogP contribution in [0, 0.1) is 5.92 Å². The molecule has 0 atom stereocenters. The van der Waals surface area contributed by atoms with Gasteiger partial charge in [-0.05, 0) is 12.3 Å². The van der Waals surface area contributed by atoms with Crippen molar-refractivity contribution in [3.63, 3.8) is 0 Å². The molecule has 13 heavy (non-hydrogen) atoms. The van der Waals surface area contributed by atoms with E-state index in [1.165, 1.54) is 30.6 Å². The second-order valence-electron chi connectivity index (χ2n) is 3.32. The molecule has 2 rings (SSSR count). The molecule has 0 unspecified atom stereocenters. The third-order valence-electron chi connectivity index (χ3n) is 2.08. The summed E-state index contributed by atoms with van der Waals surface area (Å²) < 4.78 is 5.44. The van der Waals surface area contributed by atoms with E-state index in [0.717, 1.165) is 17.5 Å². The Kier molecular flexibility index (Phi) is 2.75. The van der Waals surface area contributed by atoms with Crippen molar-refractivity contribution in [3.8, 4) is 0 Å². The number of nitrogens with zero attached hydrogens (tertiary/aromatic N) is 2. The molecule has 1 fully saturated rings. The van der Waals surface area contributed by atoms with E-state index in [-0.39, 0.29) is 0 Å². The first-order chi connectivity index (χ1) is 6.34. The number of rotatable bonds is 5. The van der Waals surface area contributed by atoms with E-state index in [9.17, 15) is 0 Å². The first kappa shape index (κ1) is 8.90. The summed E-state index contributed by atoms with van der Waals surface area (Å²) >= 11 is 1.39. The van der Waals surface area contributed by atoms with Crippen molar-refractivity contribution < 1.29 is 4.74 Å². The largest absolute Gasteiger partial charge is 0.374 e. The van der Waals surface area contributed by atoms with Crippen LogP contribution in [0.15, 0.2) is 0 Å². The van der Waals surface area contributed by atoms with Crippen LogP contribution in [0.5, 0.6) is 0 Å². The molecule has 0 radical (unpaired) electrons. The Labute approximate surface area is 81.1 Å². The highest BCUT2D eigenvalue weighted by Gasteiger charge is 2.20. The standard InChI is InChI=1S/C8H13N3OS/c9-8-11-10-7(13-8)5-12-4-3-6-1-2-6/h6H,1-5H2,(H2,9,11). The fourth-order valence-corrected chi connectivity index (χ4v) is 1.69. The number of anilines is 1. The minimum Gasteiger partial charge on any atom is -0.374 e. The summed E-state index contributed by atoms with van der Waals surface area (Å²) in [4.78, 5) is 0. The summed E-state index contributed by atoms with van der Waals surface area (Å²) in [5.74, 6) is 0.930. The van der Waals surface area contributed by atoms with Crippen molar-refractivity contribution in [2.75, 3.05) is 12.3 Å². The molecule has 0 aliphatic heterocycles. The predicted octanol–water partition coefficient (Wildman–Crippen LogP) is 1.44. The van der Waals surface area contributed by atoms with Gasteiger partial charge in [-0.2, -0.15) is 0 Å². The second kappa shape index (κ2) is 4.02.